The molecule has 4 N–H and O–H groups in total. The fraction of sp³-hybridized carbons (Fsp3) is 0.300. The lowest BCUT2D eigenvalue weighted by Gasteiger charge is -2.13. The van der Waals surface area contributed by atoms with E-state index in [0.29, 0.717) is 25.3 Å². The number of phenols is 2. The van der Waals surface area contributed by atoms with E-state index in [2.05, 4.69) is 15.6 Å². The van der Waals surface area contributed by atoms with Gasteiger partial charge in [0.2, 0.25) is 0 Å². The molecule has 0 fully saturated rings. The maximum absolute atomic E-state index is 13.9. The van der Waals surface area contributed by atoms with Gasteiger partial charge in [0.15, 0.2) is 0 Å². The molecule has 2 aromatic carbocycles. The quantitative estimate of drug-likeness (QED) is 0.548. The van der Waals surface area contributed by atoms with Gasteiger partial charge in [-0.25, -0.2) is 8.78 Å². The van der Waals surface area contributed by atoms with E-state index in [9.17, 15) is 23.8 Å². The molecule has 0 bridgehead atoms. The van der Waals surface area contributed by atoms with Crippen LogP contribution in [0.5, 0.6) is 11.5 Å². The van der Waals surface area contributed by atoms with Crippen molar-refractivity contribution in [3.8, 4) is 11.5 Å². The van der Waals surface area contributed by atoms with Crippen LogP contribution in [0, 0.1) is 11.6 Å². The highest BCUT2D eigenvalue weighted by molar-refractivity contribution is 6.02. The van der Waals surface area contributed by atoms with E-state index in [1.54, 1.807) is 0 Å². The summed E-state index contributed by atoms with van der Waals surface area (Å²) < 4.78 is 27.5. The number of hydrogen-bond acceptors (Lipinski definition) is 5. The number of benzene rings is 2. The predicted molar refractivity (Wildman–Crippen MR) is 101 cm³/mol. The molecule has 0 spiro atoms. The van der Waals surface area contributed by atoms with Crippen molar-refractivity contribution in [3.05, 3.63) is 59.2 Å². The third-order valence-electron chi connectivity index (χ3n) is 4.52. The summed E-state index contributed by atoms with van der Waals surface area (Å²) in [5.41, 5.74) is -0.287. The Morgan fingerprint density at radius 3 is 2.54 bits per heavy atom. The molecule has 1 heterocycles. The molecule has 1 aliphatic heterocycles. The first-order chi connectivity index (χ1) is 13.5. The molecule has 6 nitrogen and oxygen atoms in total. The van der Waals surface area contributed by atoms with E-state index < -0.39 is 23.3 Å². The highest BCUT2D eigenvalue weighted by atomic mass is 19.1. The standard InChI is InChI=1S/C20H21F2N3O3/c21-13-6-3-8-15(26)17(13)19-24-11-12(25-19)5-1-2-10-23-20(28)18-14(22)7-4-9-16(18)27/h3-4,6-9,12,26-27H,1-2,5,10-11H2,(H,23,28)(H,24,25)/t12-/m0/s1. The molecule has 0 aliphatic carbocycles. The van der Waals surface area contributed by atoms with Crippen LogP contribution in [0.15, 0.2) is 41.4 Å². The number of nitrogens with one attached hydrogen (secondary N) is 2. The van der Waals surface area contributed by atoms with Gasteiger partial charge >= 0.3 is 0 Å². The lowest BCUT2D eigenvalue weighted by molar-refractivity contribution is 0.0946. The summed E-state index contributed by atoms with van der Waals surface area (Å²) in [5, 5.41) is 25.1. The molecule has 0 unspecified atom stereocenters. The van der Waals surface area contributed by atoms with E-state index in [0.717, 1.165) is 18.9 Å². The molecule has 148 valence electrons. The minimum absolute atomic E-state index is 0.0142. The van der Waals surface area contributed by atoms with Crippen LogP contribution in [0.1, 0.15) is 35.2 Å². The summed E-state index contributed by atoms with van der Waals surface area (Å²) in [7, 11) is 0. The average molecular weight is 389 g/mol. The molecular formula is C20H21F2N3O3. The third-order valence-corrected chi connectivity index (χ3v) is 4.52. The van der Waals surface area contributed by atoms with Gasteiger partial charge in [-0.15, -0.1) is 0 Å². The molecule has 3 rings (SSSR count). The lowest BCUT2D eigenvalue weighted by Crippen LogP contribution is -2.31. The van der Waals surface area contributed by atoms with Crippen molar-refractivity contribution in [3.63, 3.8) is 0 Å². The number of rotatable bonds is 7. The van der Waals surface area contributed by atoms with Crippen LogP contribution in [0.2, 0.25) is 0 Å². The van der Waals surface area contributed by atoms with Crippen LogP contribution in [0.4, 0.5) is 8.78 Å². The van der Waals surface area contributed by atoms with E-state index in [4.69, 9.17) is 0 Å². The number of nitrogens with zero attached hydrogens (tertiary/aromatic N) is 1. The van der Waals surface area contributed by atoms with Crippen LogP contribution >= 0.6 is 0 Å². The number of hydrogen-bond donors (Lipinski definition) is 4. The monoisotopic (exact) mass is 389 g/mol. The fourth-order valence-corrected chi connectivity index (χ4v) is 3.09. The summed E-state index contributed by atoms with van der Waals surface area (Å²) in [6.45, 7) is 0.805. The Bertz CT molecular complexity index is 862. The van der Waals surface area contributed by atoms with Crippen LogP contribution < -0.4 is 10.6 Å². The van der Waals surface area contributed by atoms with Crippen molar-refractivity contribution in [2.24, 2.45) is 4.99 Å². The third kappa shape index (κ3) is 4.39. The van der Waals surface area contributed by atoms with Gasteiger partial charge in [0, 0.05) is 12.6 Å². The van der Waals surface area contributed by atoms with Gasteiger partial charge in [-0.1, -0.05) is 12.1 Å². The summed E-state index contributed by atoms with van der Waals surface area (Å²) in [4.78, 5) is 16.2. The number of halogens is 2. The number of amidine groups is 1. The second-order valence-corrected chi connectivity index (χ2v) is 6.55. The topological polar surface area (TPSA) is 94.0 Å². The van der Waals surface area contributed by atoms with Gasteiger partial charge in [0.25, 0.3) is 5.91 Å². The number of aromatic hydroxyl groups is 2. The van der Waals surface area contributed by atoms with E-state index in [1.165, 1.54) is 30.3 Å². The molecule has 0 aromatic heterocycles. The zero-order chi connectivity index (χ0) is 20.1. The van der Waals surface area contributed by atoms with Gasteiger partial charge < -0.3 is 20.8 Å². The number of carbonyl (C=O) groups is 1. The maximum Gasteiger partial charge on any atom is 0.258 e. The molecule has 1 amide bonds. The number of phenolic OH excluding ortho intramolecular Hbond substituents is 2. The number of carbonyl (C=O) groups excluding carboxylic acids is 1. The largest absolute Gasteiger partial charge is 0.507 e. The molecule has 1 atom stereocenters. The zero-order valence-electron chi connectivity index (χ0n) is 15.1. The molecule has 0 saturated carbocycles. The van der Waals surface area contributed by atoms with Gasteiger partial charge in [-0.3, -0.25) is 9.79 Å². The van der Waals surface area contributed by atoms with E-state index >= 15 is 0 Å². The zero-order valence-corrected chi connectivity index (χ0v) is 15.1. The summed E-state index contributed by atoms with van der Waals surface area (Å²) >= 11 is 0. The average Bonchev–Trinajstić information content (AvgIpc) is 3.09. The normalized spacial score (nSPS) is 15.8. The van der Waals surface area contributed by atoms with Crippen molar-refractivity contribution in [1.29, 1.82) is 0 Å². The minimum atomic E-state index is -0.770. The highest BCUT2D eigenvalue weighted by Gasteiger charge is 2.23. The van der Waals surface area contributed by atoms with Crippen molar-refractivity contribution >= 4 is 11.7 Å². The Hall–Kier alpha value is -3.16. The fourth-order valence-electron chi connectivity index (χ4n) is 3.09. The molecule has 0 saturated heterocycles. The second-order valence-electron chi connectivity index (χ2n) is 6.55. The second kappa shape index (κ2) is 8.69. The van der Waals surface area contributed by atoms with Crippen molar-refractivity contribution in [2.45, 2.75) is 25.3 Å². The van der Waals surface area contributed by atoms with Gasteiger partial charge in [-0.05, 0) is 43.5 Å². The van der Waals surface area contributed by atoms with Crippen LogP contribution in [-0.4, -0.2) is 41.1 Å². The highest BCUT2D eigenvalue weighted by Crippen LogP contribution is 2.22. The Morgan fingerprint density at radius 2 is 1.82 bits per heavy atom. The molecule has 1 aliphatic rings. The Kier molecular flexibility index (Phi) is 6.08. The smallest absolute Gasteiger partial charge is 0.258 e. The van der Waals surface area contributed by atoms with Crippen molar-refractivity contribution in [2.75, 3.05) is 13.1 Å². The number of amides is 1. The van der Waals surface area contributed by atoms with Crippen molar-refractivity contribution in [1.82, 2.24) is 10.6 Å². The Balaban J connectivity index is 1.41. The Morgan fingerprint density at radius 1 is 1.11 bits per heavy atom. The molecule has 0 radical (unpaired) electrons. The first kappa shape index (κ1) is 19.6. The SMILES string of the molecule is O=C(NCCCC[C@H]1CN=C(c2c(O)cccc2F)N1)c1c(O)cccc1F. The van der Waals surface area contributed by atoms with Gasteiger partial charge in [0.1, 0.15) is 34.5 Å². The lowest BCUT2D eigenvalue weighted by atomic mass is 10.1. The molecule has 2 aromatic rings. The molecular weight excluding hydrogens is 368 g/mol. The van der Waals surface area contributed by atoms with E-state index in [-0.39, 0.29) is 22.9 Å². The maximum atomic E-state index is 13.9. The van der Waals surface area contributed by atoms with Crippen LogP contribution in [0.3, 0.4) is 0 Å². The first-order valence-corrected chi connectivity index (χ1v) is 9.02. The molecule has 28 heavy (non-hydrogen) atoms. The summed E-state index contributed by atoms with van der Waals surface area (Å²) in [6.07, 6.45) is 2.15. The summed E-state index contributed by atoms with van der Waals surface area (Å²) in [6, 6.07) is 7.82. The first-order valence-electron chi connectivity index (χ1n) is 9.02. The summed E-state index contributed by atoms with van der Waals surface area (Å²) in [5.74, 6) is -2.18. The van der Waals surface area contributed by atoms with Gasteiger partial charge in [-0.2, -0.15) is 0 Å². The van der Waals surface area contributed by atoms with Crippen molar-refractivity contribution < 1.29 is 23.8 Å². The molecule has 8 heteroatoms. The predicted octanol–water partition coefficient (Wildman–Crippen LogP) is 2.69. The van der Waals surface area contributed by atoms with Crippen LogP contribution in [-0.2, 0) is 0 Å². The minimum Gasteiger partial charge on any atom is -0.507 e. The number of aliphatic imine (C=N–C) groups is 1. The van der Waals surface area contributed by atoms with Crippen LogP contribution in [0.25, 0.3) is 0 Å². The Labute approximate surface area is 160 Å². The van der Waals surface area contributed by atoms with E-state index in [1.807, 2.05) is 0 Å². The van der Waals surface area contributed by atoms with Gasteiger partial charge in [0.05, 0.1) is 12.1 Å². The number of unbranched alkanes of at least 4 members (excludes halogenated alkanes) is 1.